The first-order chi connectivity index (χ1) is 12.3. The van der Waals surface area contributed by atoms with Gasteiger partial charge in [0.15, 0.2) is 0 Å². The number of fused-ring (bicyclic) bond motifs is 1. The van der Waals surface area contributed by atoms with E-state index in [1.165, 1.54) is 4.70 Å². The zero-order valence-corrected chi connectivity index (χ0v) is 15.5. The fraction of sp³-hybridized carbons (Fsp3) is 0.579. The Balaban J connectivity index is 1.37. The molecule has 1 aromatic carbocycles. The van der Waals surface area contributed by atoms with Crippen molar-refractivity contribution < 1.29 is 9.53 Å². The van der Waals surface area contributed by atoms with Crippen LogP contribution in [0.2, 0.25) is 0 Å². The van der Waals surface area contributed by atoms with E-state index in [4.69, 9.17) is 10.5 Å². The summed E-state index contributed by atoms with van der Waals surface area (Å²) in [5, 5.41) is 1.13. The number of nitrogens with two attached hydrogens (primary N) is 1. The largest absolute Gasteiger partial charge is 0.378 e. The number of hydrogen-bond donors (Lipinski definition) is 1. The molecule has 5 nitrogen and oxygen atoms in total. The third-order valence-electron chi connectivity index (χ3n) is 4.62. The first-order valence-electron chi connectivity index (χ1n) is 9.20. The molecule has 1 amide bonds. The number of likely N-dealkylation sites (tertiary alicyclic amines) is 1. The predicted octanol–water partition coefficient (Wildman–Crippen LogP) is 2.98. The fourth-order valence-corrected chi connectivity index (χ4v) is 4.19. The monoisotopic (exact) mass is 361 g/mol. The van der Waals surface area contributed by atoms with Gasteiger partial charge in [0, 0.05) is 26.1 Å². The Bertz CT molecular complexity index is 647. The summed E-state index contributed by atoms with van der Waals surface area (Å²) in [6.45, 7) is 3.03. The molecule has 2 N–H and O–H groups in total. The lowest BCUT2D eigenvalue weighted by molar-refractivity contribution is -0.133. The van der Waals surface area contributed by atoms with Crippen LogP contribution < -0.4 is 5.73 Å². The highest BCUT2D eigenvalue weighted by Crippen LogP contribution is 2.23. The van der Waals surface area contributed by atoms with Gasteiger partial charge in [-0.2, -0.15) is 0 Å². The number of nitrogens with zero attached hydrogens (tertiary/aromatic N) is 2. The average molecular weight is 362 g/mol. The maximum Gasteiger partial charge on any atom is 0.222 e. The summed E-state index contributed by atoms with van der Waals surface area (Å²) >= 11 is 1.73. The number of benzene rings is 1. The average Bonchev–Trinajstić information content (AvgIpc) is 3.05. The fourth-order valence-electron chi connectivity index (χ4n) is 3.18. The normalized spacial score (nSPS) is 15.8. The van der Waals surface area contributed by atoms with E-state index >= 15 is 0 Å². The van der Waals surface area contributed by atoms with Crippen LogP contribution in [0.25, 0.3) is 10.2 Å². The van der Waals surface area contributed by atoms with Crippen LogP contribution >= 0.6 is 11.3 Å². The van der Waals surface area contributed by atoms with E-state index in [-0.39, 0.29) is 5.91 Å². The minimum atomic E-state index is 0.265. The van der Waals surface area contributed by atoms with E-state index in [2.05, 4.69) is 11.1 Å². The molecule has 1 saturated heterocycles. The van der Waals surface area contributed by atoms with Crippen LogP contribution in [0, 0.1) is 0 Å². The van der Waals surface area contributed by atoms with E-state index in [1.807, 2.05) is 23.1 Å². The number of ether oxygens (including phenoxy) is 1. The summed E-state index contributed by atoms with van der Waals surface area (Å²) in [4.78, 5) is 19.0. The first kappa shape index (κ1) is 18.3. The number of thiazole rings is 1. The lowest BCUT2D eigenvalue weighted by Crippen LogP contribution is -2.41. The number of piperidine rings is 1. The lowest BCUT2D eigenvalue weighted by Gasteiger charge is -2.32. The summed E-state index contributed by atoms with van der Waals surface area (Å²) in [6, 6.07) is 8.19. The maximum atomic E-state index is 12.4. The summed E-state index contributed by atoms with van der Waals surface area (Å²) in [7, 11) is 0. The Morgan fingerprint density at radius 1 is 1.28 bits per heavy atom. The van der Waals surface area contributed by atoms with Crippen LogP contribution in [0.4, 0.5) is 0 Å². The van der Waals surface area contributed by atoms with Crippen molar-refractivity contribution in [3.63, 3.8) is 0 Å². The molecule has 0 saturated carbocycles. The van der Waals surface area contributed by atoms with Crippen molar-refractivity contribution >= 4 is 27.5 Å². The number of amides is 1. The molecule has 2 aromatic rings. The van der Waals surface area contributed by atoms with E-state index < -0.39 is 0 Å². The van der Waals surface area contributed by atoms with Gasteiger partial charge < -0.3 is 15.4 Å². The van der Waals surface area contributed by atoms with Gasteiger partial charge in [0.25, 0.3) is 0 Å². The van der Waals surface area contributed by atoms with Crippen molar-refractivity contribution in [3.05, 3.63) is 29.3 Å². The summed E-state index contributed by atoms with van der Waals surface area (Å²) in [5.41, 5.74) is 6.54. The van der Waals surface area contributed by atoms with Crippen LogP contribution in [0.5, 0.6) is 0 Å². The summed E-state index contributed by atoms with van der Waals surface area (Å²) in [6.07, 6.45) is 5.43. The maximum absolute atomic E-state index is 12.4. The van der Waals surface area contributed by atoms with Crippen LogP contribution in [-0.4, -0.2) is 48.1 Å². The van der Waals surface area contributed by atoms with E-state index in [9.17, 15) is 4.79 Å². The molecular weight excluding hydrogens is 334 g/mol. The van der Waals surface area contributed by atoms with Gasteiger partial charge in [-0.15, -0.1) is 11.3 Å². The molecule has 0 bridgehead atoms. The zero-order valence-electron chi connectivity index (χ0n) is 14.7. The molecule has 136 valence electrons. The van der Waals surface area contributed by atoms with Crippen molar-refractivity contribution in [1.82, 2.24) is 9.88 Å². The molecule has 25 heavy (non-hydrogen) atoms. The van der Waals surface area contributed by atoms with Gasteiger partial charge in [-0.25, -0.2) is 4.98 Å². The van der Waals surface area contributed by atoms with Crippen molar-refractivity contribution in [2.75, 3.05) is 26.2 Å². The quantitative estimate of drug-likeness (QED) is 0.734. The van der Waals surface area contributed by atoms with Gasteiger partial charge in [-0.3, -0.25) is 4.79 Å². The standard InChI is InChI=1S/C19H27N3O2S/c20-11-4-14-24-15-9-12-22(13-10-15)19(23)8-3-7-18-21-16-5-1-2-6-17(16)25-18/h1-2,5-6,15H,3-4,7-14,20H2. The van der Waals surface area contributed by atoms with Gasteiger partial charge in [0.1, 0.15) is 0 Å². The minimum Gasteiger partial charge on any atom is -0.378 e. The SMILES string of the molecule is NCCCOC1CCN(C(=O)CCCc2nc3ccccc3s2)CC1. The van der Waals surface area contributed by atoms with Crippen molar-refractivity contribution in [1.29, 1.82) is 0 Å². The third-order valence-corrected chi connectivity index (χ3v) is 5.71. The number of aryl methyl sites for hydroxylation is 1. The summed E-state index contributed by atoms with van der Waals surface area (Å²) < 4.78 is 7.02. The van der Waals surface area contributed by atoms with E-state index in [0.29, 0.717) is 19.1 Å². The molecule has 2 heterocycles. The number of hydrogen-bond acceptors (Lipinski definition) is 5. The molecule has 1 aliphatic rings. The highest BCUT2D eigenvalue weighted by molar-refractivity contribution is 7.18. The molecule has 0 atom stereocenters. The minimum absolute atomic E-state index is 0.265. The first-order valence-corrected chi connectivity index (χ1v) is 10.0. The number of aromatic nitrogens is 1. The number of rotatable bonds is 8. The van der Waals surface area contributed by atoms with Crippen molar-refractivity contribution in [2.24, 2.45) is 5.73 Å². The topological polar surface area (TPSA) is 68.5 Å². The van der Waals surface area contributed by atoms with Gasteiger partial charge >= 0.3 is 0 Å². The zero-order chi connectivity index (χ0) is 17.5. The molecule has 6 heteroatoms. The van der Waals surface area contributed by atoms with E-state index in [0.717, 1.165) is 62.3 Å². The number of carbonyl (C=O) groups is 1. The molecule has 0 aliphatic carbocycles. The third kappa shape index (κ3) is 5.23. The van der Waals surface area contributed by atoms with Crippen LogP contribution in [0.3, 0.4) is 0 Å². The second-order valence-electron chi connectivity index (χ2n) is 6.52. The highest BCUT2D eigenvalue weighted by atomic mass is 32.1. The van der Waals surface area contributed by atoms with Crippen molar-refractivity contribution in [3.8, 4) is 0 Å². The second kappa shape index (κ2) is 9.27. The van der Waals surface area contributed by atoms with Crippen LogP contribution in [0.15, 0.2) is 24.3 Å². The molecule has 0 spiro atoms. The molecular formula is C19H27N3O2S. The van der Waals surface area contributed by atoms with Gasteiger partial charge in [0.2, 0.25) is 5.91 Å². The Labute approximate surface area is 153 Å². The Morgan fingerprint density at radius 3 is 2.84 bits per heavy atom. The highest BCUT2D eigenvalue weighted by Gasteiger charge is 2.22. The Hall–Kier alpha value is -1.50. The molecule has 1 fully saturated rings. The molecule has 1 aliphatic heterocycles. The predicted molar refractivity (Wildman–Crippen MR) is 102 cm³/mol. The van der Waals surface area contributed by atoms with Crippen molar-refractivity contribution in [2.45, 2.75) is 44.6 Å². The smallest absolute Gasteiger partial charge is 0.222 e. The van der Waals surface area contributed by atoms with Crippen LogP contribution in [0.1, 0.15) is 37.1 Å². The van der Waals surface area contributed by atoms with E-state index in [1.54, 1.807) is 11.3 Å². The van der Waals surface area contributed by atoms with Gasteiger partial charge in [-0.05, 0) is 50.8 Å². The van der Waals surface area contributed by atoms with Gasteiger partial charge in [0.05, 0.1) is 21.3 Å². The summed E-state index contributed by atoms with van der Waals surface area (Å²) in [5.74, 6) is 0.265. The molecule has 0 radical (unpaired) electrons. The van der Waals surface area contributed by atoms with Crippen LogP contribution in [-0.2, 0) is 16.0 Å². The second-order valence-corrected chi connectivity index (χ2v) is 7.64. The van der Waals surface area contributed by atoms with Gasteiger partial charge in [-0.1, -0.05) is 12.1 Å². The number of para-hydroxylation sites is 1. The molecule has 3 rings (SSSR count). The molecule has 0 unspecified atom stereocenters. The lowest BCUT2D eigenvalue weighted by atomic mass is 10.1. The molecule has 1 aromatic heterocycles. The Morgan fingerprint density at radius 2 is 2.08 bits per heavy atom. The Kier molecular flexibility index (Phi) is 6.78. The number of carbonyl (C=O) groups excluding carboxylic acids is 1.